The van der Waals surface area contributed by atoms with E-state index >= 15 is 0 Å². The summed E-state index contributed by atoms with van der Waals surface area (Å²) in [5.41, 5.74) is 0.941. The van der Waals surface area contributed by atoms with Gasteiger partial charge in [-0.15, -0.1) is 0 Å². The van der Waals surface area contributed by atoms with Crippen molar-refractivity contribution in [1.29, 1.82) is 5.26 Å². The molecular weight excluding hydrogens is 156 g/mol. The predicted octanol–water partition coefficient (Wildman–Crippen LogP) is 0.454. The maximum absolute atomic E-state index is 8.84. The first kappa shape index (κ1) is 8.50. The van der Waals surface area contributed by atoms with Crippen LogP contribution >= 0.6 is 0 Å². The molecule has 0 atom stereocenters. The highest BCUT2D eigenvalue weighted by Crippen LogP contribution is 2.15. The summed E-state index contributed by atoms with van der Waals surface area (Å²) in [5, 5.41) is 17.3. The number of aliphatic hydroxyl groups is 1. The van der Waals surface area contributed by atoms with Crippen LogP contribution in [0.2, 0.25) is 0 Å². The average Bonchev–Trinajstić information content (AvgIpc) is 2.16. The molecule has 0 amide bonds. The summed E-state index contributed by atoms with van der Waals surface area (Å²) < 4.78 is 4.86. The van der Waals surface area contributed by atoms with Crippen molar-refractivity contribution < 1.29 is 9.84 Å². The zero-order chi connectivity index (χ0) is 8.97. The molecule has 0 aliphatic rings. The summed E-state index contributed by atoms with van der Waals surface area (Å²) in [7, 11) is 1.47. The van der Waals surface area contributed by atoms with Crippen molar-refractivity contribution >= 4 is 0 Å². The number of pyridine rings is 1. The molecule has 12 heavy (non-hydrogen) atoms. The second kappa shape index (κ2) is 3.69. The molecule has 0 bridgehead atoms. The van der Waals surface area contributed by atoms with E-state index in [1.54, 1.807) is 6.07 Å². The number of methoxy groups -OCH3 is 1. The van der Waals surface area contributed by atoms with Gasteiger partial charge in [0.2, 0.25) is 5.88 Å². The van der Waals surface area contributed by atoms with Crippen molar-refractivity contribution in [2.24, 2.45) is 0 Å². The van der Waals surface area contributed by atoms with Gasteiger partial charge in [-0.05, 0) is 6.07 Å². The molecule has 4 heteroatoms. The van der Waals surface area contributed by atoms with Crippen LogP contribution in [0.25, 0.3) is 0 Å². The van der Waals surface area contributed by atoms with Gasteiger partial charge in [-0.2, -0.15) is 5.26 Å². The van der Waals surface area contributed by atoms with Crippen LogP contribution in [0, 0.1) is 11.3 Å². The molecule has 1 heterocycles. The molecule has 62 valence electrons. The summed E-state index contributed by atoms with van der Waals surface area (Å²) in [4.78, 5) is 3.83. The van der Waals surface area contributed by atoms with Crippen LogP contribution in [-0.4, -0.2) is 17.2 Å². The molecule has 0 aliphatic carbocycles. The monoisotopic (exact) mass is 164 g/mol. The lowest BCUT2D eigenvalue weighted by molar-refractivity contribution is 0.271. The third kappa shape index (κ3) is 1.52. The number of aliphatic hydroxyl groups excluding tert-OH is 1. The van der Waals surface area contributed by atoms with E-state index in [2.05, 4.69) is 4.98 Å². The molecule has 0 radical (unpaired) electrons. The molecule has 0 fully saturated rings. The number of hydrogen-bond donors (Lipinski definition) is 1. The molecule has 0 saturated heterocycles. The molecule has 0 spiro atoms. The van der Waals surface area contributed by atoms with Crippen LogP contribution in [-0.2, 0) is 6.61 Å². The lowest BCUT2D eigenvalue weighted by atomic mass is 10.2. The highest BCUT2D eigenvalue weighted by molar-refractivity contribution is 5.35. The van der Waals surface area contributed by atoms with Crippen molar-refractivity contribution in [3.05, 3.63) is 23.4 Å². The van der Waals surface area contributed by atoms with E-state index in [9.17, 15) is 0 Å². The maximum Gasteiger partial charge on any atom is 0.218 e. The van der Waals surface area contributed by atoms with Gasteiger partial charge in [-0.1, -0.05) is 0 Å². The van der Waals surface area contributed by atoms with E-state index in [0.717, 1.165) is 0 Å². The van der Waals surface area contributed by atoms with Gasteiger partial charge in [0, 0.05) is 11.8 Å². The van der Waals surface area contributed by atoms with E-state index < -0.39 is 0 Å². The summed E-state index contributed by atoms with van der Waals surface area (Å²) in [5.74, 6) is 0.358. The largest absolute Gasteiger partial charge is 0.481 e. The Hall–Kier alpha value is -1.60. The standard InChI is InChI=1S/C8H8N2O2/c1-12-8-7(5-11)2-6(3-9)4-10-8/h2,4,11H,5H2,1H3. The van der Waals surface area contributed by atoms with Crippen LogP contribution in [0.4, 0.5) is 0 Å². The Labute approximate surface area is 70.0 Å². The van der Waals surface area contributed by atoms with Crippen LogP contribution < -0.4 is 4.74 Å². The zero-order valence-electron chi connectivity index (χ0n) is 6.61. The van der Waals surface area contributed by atoms with Gasteiger partial charge in [0.25, 0.3) is 0 Å². The molecule has 0 aliphatic heterocycles. The molecule has 1 rings (SSSR count). The Morgan fingerprint density at radius 3 is 3.00 bits per heavy atom. The van der Waals surface area contributed by atoms with Crippen molar-refractivity contribution in [3.8, 4) is 11.9 Å². The normalized spacial score (nSPS) is 9.08. The Balaban J connectivity index is 3.13. The van der Waals surface area contributed by atoms with Gasteiger partial charge in [-0.3, -0.25) is 0 Å². The lowest BCUT2D eigenvalue weighted by Gasteiger charge is -2.03. The molecule has 1 aromatic heterocycles. The Bertz CT molecular complexity index is 317. The summed E-state index contributed by atoms with van der Waals surface area (Å²) in [6.45, 7) is -0.175. The number of nitriles is 1. The molecule has 1 N–H and O–H groups in total. The Kier molecular flexibility index (Phi) is 2.62. The van der Waals surface area contributed by atoms with Gasteiger partial charge >= 0.3 is 0 Å². The summed E-state index contributed by atoms with van der Waals surface area (Å²) in [6, 6.07) is 3.47. The van der Waals surface area contributed by atoms with E-state index in [1.807, 2.05) is 6.07 Å². The summed E-state index contributed by atoms with van der Waals surface area (Å²) >= 11 is 0. The minimum atomic E-state index is -0.175. The number of aromatic nitrogens is 1. The summed E-state index contributed by atoms with van der Waals surface area (Å²) in [6.07, 6.45) is 1.40. The first-order chi connectivity index (χ1) is 5.81. The third-order valence-electron chi connectivity index (χ3n) is 1.42. The Morgan fingerprint density at radius 2 is 2.50 bits per heavy atom. The zero-order valence-corrected chi connectivity index (χ0v) is 6.61. The smallest absolute Gasteiger partial charge is 0.218 e. The number of hydrogen-bond acceptors (Lipinski definition) is 4. The highest BCUT2D eigenvalue weighted by atomic mass is 16.5. The highest BCUT2D eigenvalue weighted by Gasteiger charge is 2.03. The van der Waals surface area contributed by atoms with E-state index in [4.69, 9.17) is 15.1 Å². The van der Waals surface area contributed by atoms with Gasteiger partial charge in [-0.25, -0.2) is 4.98 Å². The SMILES string of the molecule is COc1ncc(C#N)cc1CO. The van der Waals surface area contributed by atoms with E-state index in [1.165, 1.54) is 13.3 Å². The third-order valence-corrected chi connectivity index (χ3v) is 1.42. The number of ether oxygens (including phenoxy) is 1. The van der Waals surface area contributed by atoms with Crippen molar-refractivity contribution in [2.75, 3.05) is 7.11 Å². The second-order valence-electron chi connectivity index (χ2n) is 2.16. The fourth-order valence-corrected chi connectivity index (χ4v) is 0.856. The van der Waals surface area contributed by atoms with Crippen molar-refractivity contribution in [2.45, 2.75) is 6.61 Å². The van der Waals surface area contributed by atoms with Crippen LogP contribution in [0.1, 0.15) is 11.1 Å². The molecule has 0 aromatic carbocycles. The molecule has 0 unspecified atom stereocenters. The Morgan fingerprint density at radius 1 is 1.75 bits per heavy atom. The van der Waals surface area contributed by atoms with Crippen molar-refractivity contribution in [1.82, 2.24) is 4.98 Å². The van der Waals surface area contributed by atoms with Crippen LogP contribution in [0.15, 0.2) is 12.3 Å². The molecule has 4 nitrogen and oxygen atoms in total. The van der Waals surface area contributed by atoms with Crippen molar-refractivity contribution in [3.63, 3.8) is 0 Å². The first-order valence-electron chi connectivity index (χ1n) is 3.35. The second-order valence-corrected chi connectivity index (χ2v) is 2.16. The topological polar surface area (TPSA) is 66.1 Å². The maximum atomic E-state index is 8.84. The average molecular weight is 164 g/mol. The van der Waals surface area contributed by atoms with Gasteiger partial charge in [0.05, 0.1) is 19.3 Å². The molecule has 0 saturated carbocycles. The minimum absolute atomic E-state index is 0.175. The number of nitrogens with zero attached hydrogens (tertiary/aromatic N) is 2. The van der Waals surface area contributed by atoms with E-state index in [0.29, 0.717) is 17.0 Å². The molecule has 1 aromatic rings. The lowest BCUT2D eigenvalue weighted by Crippen LogP contribution is -1.95. The van der Waals surface area contributed by atoms with Crippen LogP contribution in [0.5, 0.6) is 5.88 Å². The fourth-order valence-electron chi connectivity index (χ4n) is 0.856. The fraction of sp³-hybridized carbons (Fsp3) is 0.250. The van der Waals surface area contributed by atoms with Crippen LogP contribution in [0.3, 0.4) is 0 Å². The number of rotatable bonds is 2. The quantitative estimate of drug-likeness (QED) is 0.689. The van der Waals surface area contributed by atoms with Gasteiger partial charge < -0.3 is 9.84 Å². The molecular formula is C8H8N2O2. The predicted molar refractivity (Wildman–Crippen MR) is 41.4 cm³/mol. The first-order valence-corrected chi connectivity index (χ1v) is 3.35. The van der Waals surface area contributed by atoms with E-state index in [-0.39, 0.29) is 6.61 Å². The minimum Gasteiger partial charge on any atom is -0.481 e. The van der Waals surface area contributed by atoms with Gasteiger partial charge in [0.15, 0.2) is 0 Å². The van der Waals surface area contributed by atoms with Gasteiger partial charge in [0.1, 0.15) is 6.07 Å².